The minimum absolute atomic E-state index is 0.0177. The summed E-state index contributed by atoms with van der Waals surface area (Å²) >= 11 is 0. The van der Waals surface area contributed by atoms with Gasteiger partial charge in [0.25, 0.3) is 5.92 Å². The van der Waals surface area contributed by atoms with E-state index in [9.17, 15) is 13.2 Å². The van der Waals surface area contributed by atoms with Crippen molar-refractivity contribution < 1.29 is 18.4 Å². The summed E-state index contributed by atoms with van der Waals surface area (Å²) < 4.78 is 36.5. The zero-order valence-corrected chi connectivity index (χ0v) is 8.53. The number of halogens is 3. The molecule has 6 heteroatoms. The maximum atomic E-state index is 12.4. The van der Waals surface area contributed by atoms with Gasteiger partial charge in [0.1, 0.15) is 5.84 Å². The zero-order valence-electron chi connectivity index (χ0n) is 8.53. The molecule has 0 bridgehead atoms. The molecule has 0 saturated carbocycles. The Balaban J connectivity index is 3.29. The Morgan fingerprint density at radius 3 is 2.33 bits per heavy atom. The van der Waals surface area contributed by atoms with Crippen LogP contribution in [-0.4, -0.2) is 23.6 Å². The van der Waals surface area contributed by atoms with Gasteiger partial charge < -0.3 is 0 Å². The summed E-state index contributed by atoms with van der Waals surface area (Å²) in [6.07, 6.45) is 2.22. The first-order valence-electron chi connectivity index (χ1n) is 4.93. The number of amidine groups is 1. The number of unbranched alkanes of at least 4 members (excludes halogenated alkanes) is 3. The highest BCUT2D eigenvalue weighted by Crippen LogP contribution is 2.22. The van der Waals surface area contributed by atoms with Gasteiger partial charge in [-0.3, -0.25) is 16.1 Å². The second kappa shape index (κ2) is 7.50. The molecule has 0 rings (SSSR count). The third kappa shape index (κ3) is 8.23. The van der Waals surface area contributed by atoms with Crippen LogP contribution in [0.5, 0.6) is 0 Å². The van der Waals surface area contributed by atoms with E-state index >= 15 is 0 Å². The first kappa shape index (κ1) is 14.2. The first-order chi connectivity index (χ1) is 7.02. The number of hydrogen-bond donors (Lipinski definition) is 3. The fourth-order valence-corrected chi connectivity index (χ4v) is 1.16. The lowest BCUT2D eigenvalue weighted by atomic mass is 10.1. The lowest BCUT2D eigenvalue weighted by Gasteiger charge is -2.11. The summed E-state index contributed by atoms with van der Waals surface area (Å²) in [7, 11) is 0. The fraction of sp³-hybridized carbons (Fsp3) is 0.889. The Labute approximate surface area is 87.1 Å². The maximum Gasteiger partial charge on any atom is 0.275 e. The maximum absolute atomic E-state index is 12.4. The predicted molar refractivity (Wildman–Crippen MR) is 51.3 cm³/mol. The van der Waals surface area contributed by atoms with E-state index in [0.29, 0.717) is 25.7 Å². The van der Waals surface area contributed by atoms with Crippen LogP contribution in [0.3, 0.4) is 0 Å². The van der Waals surface area contributed by atoms with Crippen molar-refractivity contribution in [1.29, 1.82) is 5.41 Å². The zero-order chi connectivity index (χ0) is 11.7. The largest absolute Gasteiger partial charge is 0.290 e. The Morgan fingerprint density at radius 1 is 1.20 bits per heavy atom. The average molecular weight is 226 g/mol. The molecule has 0 unspecified atom stereocenters. The van der Waals surface area contributed by atoms with Crippen molar-refractivity contribution >= 4 is 5.84 Å². The first-order valence-corrected chi connectivity index (χ1v) is 4.93. The van der Waals surface area contributed by atoms with Crippen molar-refractivity contribution in [3.8, 4) is 0 Å². The van der Waals surface area contributed by atoms with Crippen molar-refractivity contribution in [1.82, 2.24) is 5.48 Å². The predicted octanol–water partition coefficient (Wildman–Crippen LogP) is 2.89. The average Bonchev–Trinajstić information content (AvgIpc) is 2.22. The second-order valence-electron chi connectivity index (χ2n) is 3.49. The molecule has 0 spiro atoms. The van der Waals surface area contributed by atoms with E-state index in [1.165, 1.54) is 0 Å². The van der Waals surface area contributed by atoms with Crippen LogP contribution in [-0.2, 0) is 0 Å². The highest BCUT2D eigenvalue weighted by atomic mass is 19.3. The molecule has 0 heterocycles. The highest BCUT2D eigenvalue weighted by molar-refractivity contribution is 5.77. The second-order valence-corrected chi connectivity index (χ2v) is 3.49. The Morgan fingerprint density at radius 2 is 1.80 bits per heavy atom. The van der Waals surface area contributed by atoms with Gasteiger partial charge in [-0.05, 0) is 12.8 Å². The van der Waals surface area contributed by atoms with E-state index in [1.807, 2.05) is 0 Å². The van der Waals surface area contributed by atoms with Crippen LogP contribution in [0.2, 0.25) is 0 Å². The van der Waals surface area contributed by atoms with Gasteiger partial charge in [-0.15, -0.1) is 0 Å². The molecule has 0 atom stereocenters. The third-order valence-corrected chi connectivity index (χ3v) is 2.05. The standard InChI is InChI=1S/C9H17F3N2O/c10-7-9(11,12)6-4-2-1-3-5-8(13)14-15/h15H,1-7H2,(H2,13,14). The van der Waals surface area contributed by atoms with Crippen molar-refractivity contribution in [3.63, 3.8) is 0 Å². The van der Waals surface area contributed by atoms with Gasteiger partial charge in [-0.25, -0.2) is 13.2 Å². The van der Waals surface area contributed by atoms with Crippen LogP contribution in [0.25, 0.3) is 0 Å². The van der Waals surface area contributed by atoms with Gasteiger partial charge in [0.05, 0.1) is 0 Å². The van der Waals surface area contributed by atoms with E-state index in [2.05, 4.69) is 0 Å². The van der Waals surface area contributed by atoms with Crippen molar-refractivity contribution in [2.75, 3.05) is 6.67 Å². The van der Waals surface area contributed by atoms with Gasteiger partial charge in [0.2, 0.25) is 0 Å². The van der Waals surface area contributed by atoms with Gasteiger partial charge in [0, 0.05) is 12.8 Å². The number of rotatable bonds is 8. The number of hydroxylamine groups is 1. The summed E-state index contributed by atoms with van der Waals surface area (Å²) in [5.41, 5.74) is 1.70. The molecule has 0 fully saturated rings. The van der Waals surface area contributed by atoms with Crippen LogP contribution < -0.4 is 5.48 Å². The van der Waals surface area contributed by atoms with E-state index < -0.39 is 19.0 Å². The van der Waals surface area contributed by atoms with E-state index in [-0.39, 0.29) is 12.3 Å². The van der Waals surface area contributed by atoms with Crippen LogP contribution in [0.4, 0.5) is 13.2 Å². The normalized spacial score (nSPS) is 11.5. The monoisotopic (exact) mass is 226 g/mol. The summed E-state index contributed by atoms with van der Waals surface area (Å²) in [4.78, 5) is 0. The van der Waals surface area contributed by atoms with Gasteiger partial charge in [0.15, 0.2) is 6.67 Å². The number of hydrogen-bond acceptors (Lipinski definition) is 2. The fourth-order valence-electron chi connectivity index (χ4n) is 1.16. The van der Waals surface area contributed by atoms with Crippen molar-refractivity contribution in [2.24, 2.45) is 0 Å². The van der Waals surface area contributed by atoms with E-state index in [0.717, 1.165) is 0 Å². The van der Waals surface area contributed by atoms with Crippen LogP contribution in [0.1, 0.15) is 38.5 Å². The SMILES string of the molecule is N=C(CCCCCCC(F)(F)CF)NO. The van der Waals surface area contributed by atoms with Crippen molar-refractivity contribution in [2.45, 2.75) is 44.4 Å². The quantitative estimate of drug-likeness (QED) is 0.258. The molecule has 3 nitrogen and oxygen atoms in total. The molecular formula is C9H17F3N2O. The molecule has 15 heavy (non-hydrogen) atoms. The topological polar surface area (TPSA) is 56.1 Å². The summed E-state index contributed by atoms with van der Waals surface area (Å²) in [5.74, 6) is -3.16. The molecular weight excluding hydrogens is 209 g/mol. The van der Waals surface area contributed by atoms with Crippen LogP contribution in [0.15, 0.2) is 0 Å². The molecule has 0 aromatic rings. The third-order valence-electron chi connectivity index (χ3n) is 2.05. The Hall–Kier alpha value is -0.780. The molecule has 0 aliphatic rings. The van der Waals surface area contributed by atoms with Gasteiger partial charge >= 0.3 is 0 Å². The number of alkyl halides is 3. The van der Waals surface area contributed by atoms with Gasteiger partial charge in [-0.1, -0.05) is 12.8 Å². The molecule has 3 N–H and O–H groups in total. The molecule has 0 amide bonds. The molecule has 0 aromatic heterocycles. The Bertz CT molecular complexity index is 188. The highest BCUT2D eigenvalue weighted by Gasteiger charge is 2.27. The summed E-state index contributed by atoms with van der Waals surface area (Å²) in [6.45, 7) is -1.59. The van der Waals surface area contributed by atoms with Gasteiger partial charge in [-0.2, -0.15) is 0 Å². The lowest BCUT2D eigenvalue weighted by molar-refractivity contribution is -0.0320. The molecule has 90 valence electrons. The molecule has 0 aromatic carbocycles. The minimum Gasteiger partial charge on any atom is -0.290 e. The summed E-state index contributed by atoms with van der Waals surface area (Å²) in [6, 6.07) is 0. The smallest absolute Gasteiger partial charge is 0.275 e. The molecule has 0 aliphatic heterocycles. The summed E-state index contributed by atoms with van der Waals surface area (Å²) in [5, 5.41) is 15.3. The van der Waals surface area contributed by atoms with E-state index in [4.69, 9.17) is 10.6 Å². The van der Waals surface area contributed by atoms with Crippen molar-refractivity contribution in [3.05, 3.63) is 0 Å². The lowest BCUT2D eigenvalue weighted by Crippen LogP contribution is -2.18. The number of nitrogens with one attached hydrogen (secondary N) is 2. The molecule has 0 aliphatic carbocycles. The van der Waals surface area contributed by atoms with Crippen LogP contribution >= 0.6 is 0 Å². The molecule has 0 saturated heterocycles. The Kier molecular flexibility index (Phi) is 7.11. The van der Waals surface area contributed by atoms with E-state index in [1.54, 1.807) is 5.48 Å². The molecule has 0 radical (unpaired) electrons. The minimum atomic E-state index is -3.18. The van der Waals surface area contributed by atoms with Crippen LogP contribution in [0, 0.1) is 5.41 Å².